The Bertz CT molecular complexity index is 2030. The molecular weight excluding hydrogens is 761 g/mol. The van der Waals surface area contributed by atoms with Crippen LogP contribution in [0.2, 0.25) is 0 Å². The summed E-state index contributed by atoms with van der Waals surface area (Å²) in [6.45, 7) is 0.311. The third-order valence-corrected chi connectivity index (χ3v) is 10.9. The van der Waals surface area contributed by atoms with Crippen molar-refractivity contribution in [1.82, 2.24) is 31.2 Å². The maximum Gasteiger partial charge on any atom is 0.303 e. The van der Waals surface area contributed by atoms with Crippen LogP contribution in [-0.2, 0) is 35.2 Å². The molecule has 5 amide bonds. The summed E-state index contributed by atoms with van der Waals surface area (Å²) in [5.41, 5.74) is 7.64. The second-order valence-corrected chi connectivity index (χ2v) is 15.4. The average Bonchev–Trinajstić information content (AvgIpc) is 3.62. The third-order valence-electron chi connectivity index (χ3n) is 9.90. The summed E-state index contributed by atoms with van der Waals surface area (Å²) in [7, 11) is 0. The molecule has 1 aliphatic rings. The molecule has 0 aliphatic heterocycles. The highest BCUT2D eigenvalue weighted by Gasteiger charge is 2.41. The SMILES string of the molecule is NC(=O)C1(NC(=O)[C@H](CCCC(=O)O)NC(=O)[C@H](CCCCNC(=O)/C=C/c2cccnc2)NC(=O)Cc2ccc(Nc3nc4ccccc4s3)cc2)CCCCC1. The van der Waals surface area contributed by atoms with E-state index in [0.717, 1.165) is 33.0 Å². The smallest absolute Gasteiger partial charge is 0.303 e. The molecule has 1 saturated carbocycles. The molecule has 0 spiro atoms. The van der Waals surface area contributed by atoms with Crippen LogP contribution in [0.15, 0.2) is 79.1 Å². The van der Waals surface area contributed by atoms with Gasteiger partial charge in [0.1, 0.15) is 17.6 Å². The van der Waals surface area contributed by atoms with Crippen LogP contribution >= 0.6 is 11.3 Å². The number of primary amides is 1. The molecule has 2 atom stereocenters. The summed E-state index contributed by atoms with van der Waals surface area (Å²) >= 11 is 1.53. The van der Waals surface area contributed by atoms with E-state index in [2.05, 4.69) is 36.6 Å². The minimum atomic E-state index is -1.27. The van der Waals surface area contributed by atoms with E-state index in [-0.39, 0.29) is 38.0 Å². The fraction of sp³-hybridized carbons (Fsp3) is 0.381. The van der Waals surface area contributed by atoms with E-state index in [0.29, 0.717) is 50.6 Å². The molecule has 5 rings (SSSR count). The van der Waals surface area contributed by atoms with Crippen molar-refractivity contribution in [3.63, 3.8) is 0 Å². The number of nitrogens with two attached hydrogens (primary N) is 1. The molecule has 8 N–H and O–H groups in total. The Morgan fingerprint density at radius 2 is 1.60 bits per heavy atom. The number of carbonyl (C=O) groups excluding carboxylic acids is 5. The fourth-order valence-corrected chi connectivity index (χ4v) is 7.64. The number of carboxylic acid groups (broad SMARTS) is 1. The van der Waals surface area contributed by atoms with Gasteiger partial charge in [-0.3, -0.25) is 33.8 Å². The van der Waals surface area contributed by atoms with Crippen LogP contribution < -0.4 is 32.3 Å². The molecule has 1 aliphatic carbocycles. The monoisotopic (exact) mass is 810 g/mol. The number of para-hydroxylation sites is 1. The number of hydrogen-bond acceptors (Lipinski definition) is 10. The number of anilines is 2. The zero-order valence-corrected chi connectivity index (χ0v) is 33.0. The lowest BCUT2D eigenvalue weighted by molar-refractivity contribution is -0.138. The van der Waals surface area contributed by atoms with Gasteiger partial charge < -0.3 is 37.4 Å². The van der Waals surface area contributed by atoms with Crippen molar-refractivity contribution in [1.29, 1.82) is 0 Å². The summed E-state index contributed by atoms with van der Waals surface area (Å²) < 4.78 is 1.06. The highest BCUT2D eigenvalue weighted by molar-refractivity contribution is 7.22. The Kier molecular flexibility index (Phi) is 15.8. The summed E-state index contributed by atoms with van der Waals surface area (Å²) in [4.78, 5) is 85.9. The van der Waals surface area contributed by atoms with Gasteiger partial charge in [-0.25, -0.2) is 4.98 Å². The first kappa shape index (κ1) is 43.0. The first-order valence-corrected chi connectivity index (χ1v) is 20.3. The van der Waals surface area contributed by atoms with Crippen LogP contribution in [0.5, 0.6) is 0 Å². The molecule has 2 aromatic heterocycles. The molecule has 0 radical (unpaired) electrons. The Morgan fingerprint density at radius 1 is 0.862 bits per heavy atom. The zero-order chi connectivity index (χ0) is 41.3. The average molecular weight is 811 g/mol. The number of nitrogens with zero attached hydrogens (tertiary/aromatic N) is 2. The standard InChI is InChI=1S/C42H50N8O7S/c43-40(57)42(22-5-1-6-23-42)50-39(56)33(13-8-15-37(53)54)48-38(55)32(12-4-7-25-45-35(51)21-18-29-10-9-24-44-27-29)47-36(52)26-28-16-19-30(20-17-28)46-41-49-31-11-2-3-14-34(31)58-41/h2-3,9-11,14,16-21,24,27,32-33H,1,4-8,12-13,15,22-23,25-26H2,(H2,43,57)(H,45,51)(H,46,49)(H,47,52)(H,48,55)(H,50,56)(H,53,54)/b21-18+/t32-,33-/m0/s1. The van der Waals surface area contributed by atoms with Crippen molar-refractivity contribution >= 4 is 74.0 Å². The normalized spacial score (nSPS) is 14.6. The lowest BCUT2D eigenvalue weighted by Crippen LogP contribution is -2.62. The molecular formula is C42H50N8O7S. The number of rotatable bonds is 21. The number of amides is 5. The highest BCUT2D eigenvalue weighted by Crippen LogP contribution is 2.29. The number of carboxylic acids is 1. The van der Waals surface area contributed by atoms with Crippen molar-refractivity contribution < 1.29 is 33.9 Å². The number of thiazole rings is 1. The topological polar surface area (TPSA) is 235 Å². The molecule has 0 bridgehead atoms. The molecule has 1 fully saturated rings. The molecule has 0 saturated heterocycles. The molecule has 4 aromatic rings. The number of hydrogen-bond donors (Lipinski definition) is 7. The number of nitrogens with one attached hydrogen (secondary N) is 5. The second-order valence-electron chi connectivity index (χ2n) is 14.4. The van der Waals surface area contributed by atoms with Crippen LogP contribution in [0, 0.1) is 0 Å². The Hall–Kier alpha value is -6.16. The number of aliphatic carboxylic acids is 1. The van der Waals surface area contributed by atoms with Crippen molar-refractivity contribution in [3.8, 4) is 0 Å². The van der Waals surface area contributed by atoms with Crippen LogP contribution in [0.25, 0.3) is 16.3 Å². The van der Waals surface area contributed by atoms with Gasteiger partial charge in [0, 0.05) is 37.1 Å². The molecule has 58 heavy (non-hydrogen) atoms. The van der Waals surface area contributed by atoms with E-state index in [4.69, 9.17) is 5.73 Å². The third kappa shape index (κ3) is 13.2. The maximum atomic E-state index is 13.9. The number of carbonyl (C=O) groups is 6. The van der Waals surface area contributed by atoms with Crippen LogP contribution in [0.4, 0.5) is 10.8 Å². The van der Waals surface area contributed by atoms with Crippen LogP contribution in [0.1, 0.15) is 81.8 Å². The number of unbranched alkanes of at least 4 members (excludes halogenated alkanes) is 1. The summed E-state index contributed by atoms with van der Waals surface area (Å²) in [6.07, 6.45) is 10.2. The maximum absolute atomic E-state index is 13.9. The van der Waals surface area contributed by atoms with Gasteiger partial charge in [0.15, 0.2) is 5.13 Å². The van der Waals surface area contributed by atoms with Gasteiger partial charge in [0.05, 0.1) is 16.6 Å². The summed E-state index contributed by atoms with van der Waals surface area (Å²) in [5, 5.41) is 24.4. The number of fused-ring (bicyclic) bond motifs is 1. The second kappa shape index (κ2) is 21.4. The van der Waals surface area contributed by atoms with E-state index in [1.54, 1.807) is 36.7 Å². The van der Waals surface area contributed by atoms with Gasteiger partial charge in [-0.05, 0) is 92.5 Å². The molecule has 16 heteroatoms. The lowest BCUT2D eigenvalue weighted by atomic mass is 9.80. The van der Waals surface area contributed by atoms with Crippen molar-refractivity contribution in [2.75, 3.05) is 11.9 Å². The van der Waals surface area contributed by atoms with Gasteiger partial charge in [0.2, 0.25) is 29.5 Å². The molecule has 15 nitrogen and oxygen atoms in total. The first-order chi connectivity index (χ1) is 28.0. The first-order valence-electron chi connectivity index (χ1n) is 19.5. The fourth-order valence-electron chi connectivity index (χ4n) is 6.75. The van der Waals surface area contributed by atoms with Gasteiger partial charge in [-0.1, -0.05) is 60.9 Å². The van der Waals surface area contributed by atoms with Gasteiger partial charge >= 0.3 is 5.97 Å². The molecule has 0 unspecified atom stereocenters. The Balaban J connectivity index is 1.23. The van der Waals surface area contributed by atoms with E-state index in [9.17, 15) is 33.9 Å². The van der Waals surface area contributed by atoms with Gasteiger partial charge in [-0.15, -0.1) is 0 Å². The minimum absolute atomic E-state index is 0.0185. The highest BCUT2D eigenvalue weighted by atomic mass is 32.1. The summed E-state index contributed by atoms with van der Waals surface area (Å²) in [5.74, 6) is -3.74. The van der Waals surface area contributed by atoms with Gasteiger partial charge in [0.25, 0.3) is 0 Å². The van der Waals surface area contributed by atoms with Crippen molar-refractivity contribution in [2.45, 2.75) is 94.7 Å². The van der Waals surface area contributed by atoms with E-state index in [1.165, 1.54) is 17.4 Å². The van der Waals surface area contributed by atoms with E-state index >= 15 is 0 Å². The zero-order valence-electron chi connectivity index (χ0n) is 32.2. The Labute approximate surface area is 340 Å². The minimum Gasteiger partial charge on any atom is -0.481 e. The predicted molar refractivity (Wildman–Crippen MR) is 222 cm³/mol. The lowest BCUT2D eigenvalue weighted by Gasteiger charge is -2.36. The van der Waals surface area contributed by atoms with Crippen molar-refractivity contribution in [3.05, 3.63) is 90.3 Å². The van der Waals surface area contributed by atoms with Crippen LogP contribution in [-0.4, -0.2) is 74.7 Å². The summed E-state index contributed by atoms with van der Waals surface area (Å²) in [6, 6.07) is 16.4. The number of pyridine rings is 1. The van der Waals surface area contributed by atoms with Crippen LogP contribution in [0.3, 0.4) is 0 Å². The van der Waals surface area contributed by atoms with Crippen molar-refractivity contribution in [2.24, 2.45) is 5.73 Å². The number of aromatic nitrogens is 2. The van der Waals surface area contributed by atoms with E-state index < -0.39 is 47.2 Å². The molecule has 2 heterocycles. The quantitative estimate of drug-likeness (QED) is 0.0460. The van der Waals surface area contributed by atoms with E-state index in [1.807, 2.05) is 42.5 Å². The Morgan fingerprint density at radius 3 is 2.31 bits per heavy atom. The predicted octanol–water partition coefficient (Wildman–Crippen LogP) is 4.51. The van der Waals surface area contributed by atoms with Gasteiger partial charge in [-0.2, -0.15) is 0 Å². The molecule has 2 aromatic carbocycles. The molecule has 306 valence electrons. The largest absolute Gasteiger partial charge is 0.481 e. The number of benzene rings is 2.